The van der Waals surface area contributed by atoms with Gasteiger partial charge >= 0.3 is 5.69 Å². The minimum atomic E-state index is -0.588. The molecule has 0 fully saturated rings. The summed E-state index contributed by atoms with van der Waals surface area (Å²) in [7, 11) is 0. The zero-order valence-corrected chi connectivity index (χ0v) is 13.4. The zero-order valence-electron chi connectivity index (χ0n) is 13.4. The molecule has 0 amide bonds. The van der Waals surface area contributed by atoms with Gasteiger partial charge in [0, 0.05) is 5.56 Å². The van der Waals surface area contributed by atoms with Crippen LogP contribution in [0.3, 0.4) is 0 Å². The van der Waals surface area contributed by atoms with E-state index < -0.39 is 11.0 Å². The van der Waals surface area contributed by atoms with E-state index >= 15 is 0 Å². The van der Waals surface area contributed by atoms with Gasteiger partial charge in [-0.1, -0.05) is 12.1 Å². The molecule has 2 rings (SSSR count). The fourth-order valence-electron chi connectivity index (χ4n) is 2.54. The SMILES string of the molecule is Cc1ccc(C(=O)C(C)n2nc(C)c([N+](=O)[O-])c2C)cc1C. The van der Waals surface area contributed by atoms with Crippen LogP contribution in [0.2, 0.25) is 0 Å². The Morgan fingerprint density at radius 2 is 1.86 bits per heavy atom. The highest BCUT2D eigenvalue weighted by Crippen LogP contribution is 2.26. The van der Waals surface area contributed by atoms with E-state index in [0.29, 0.717) is 17.0 Å². The van der Waals surface area contributed by atoms with Crippen molar-refractivity contribution in [2.75, 3.05) is 0 Å². The Morgan fingerprint density at radius 3 is 2.36 bits per heavy atom. The van der Waals surface area contributed by atoms with Gasteiger partial charge in [0.15, 0.2) is 5.78 Å². The van der Waals surface area contributed by atoms with Crippen molar-refractivity contribution in [2.45, 2.75) is 40.7 Å². The van der Waals surface area contributed by atoms with E-state index in [4.69, 9.17) is 0 Å². The maximum Gasteiger partial charge on any atom is 0.312 e. The standard InChI is InChI=1S/C16H19N3O3/c1-9-6-7-14(8-10(9)2)16(20)13(5)18-12(4)15(19(21)22)11(3)17-18/h6-8,13H,1-5H3. The van der Waals surface area contributed by atoms with Crippen LogP contribution < -0.4 is 0 Å². The van der Waals surface area contributed by atoms with Crippen molar-refractivity contribution in [3.05, 3.63) is 56.4 Å². The quantitative estimate of drug-likeness (QED) is 0.492. The van der Waals surface area contributed by atoms with Gasteiger partial charge in [0.1, 0.15) is 17.4 Å². The maximum absolute atomic E-state index is 12.6. The van der Waals surface area contributed by atoms with Crippen molar-refractivity contribution < 1.29 is 9.72 Å². The van der Waals surface area contributed by atoms with Gasteiger partial charge in [0.05, 0.1) is 4.92 Å². The highest BCUT2D eigenvalue weighted by molar-refractivity contribution is 5.99. The summed E-state index contributed by atoms with van der Waals surface area (Å²) in [6, 6.07) is 4.93. The molecule has 1 aromatic carbocycles. The van der Waals surface area contributed by atoms with Gasteiger partial charge in [-0.15, -0.1) is 0 Å². The third-order valence-corrected chi connectivity index (χ3v) is 4.01. The second-order valence-electron chi connectivity index (χ2n) is 5.56. The van der Waals surface area contributed by atoms with Crippen LogP contribution in [0.15, 0.2) is 18.2 Å². The van der Waals surface area contributed by atoms with E-state index in [9.17, 15) is 14.9 Å². The molecule has 1 heterocycles. The van der Waals surface area contributed by atoms with Gasteiger partial charge in [0.2, 0.25) is 0 Å². The second-order valence-corrected chi connectivity index (χ2v) is 5.56. The van der Waals surface area contributed by atoms with Crippen LogP contribution in [-0.2, 0) is 0 Å². The van der Waals surface area contributed by atoms with E-state index in [2.05, 4.69) is 5.10 Å². The summed E-state index contributed by atoms with van der Waals surface area (Å²) in [6.07, 6.45) is 0. The first kappa shape index (κ1) is 15.9. The number of rotatable bonds is 4. The highest BCUT2D eigenvalue weighted by Gasteiger charge is 2.27. The highest BCUT2D eigenvalue weighted by atomic mass is 16.6. The number of hydrogen-bond acceptors (Lipinski definition) is 4. The lowest BCUT2D eigenvalue weighted by Gasteiger charge is -2.13. The number of nitro groups is 1. The maximum atomic E-state index is 12.6. The van der Waals surface area contributed by atoms with Crippen molar-refractivity contribution >= 4 is 11.5 Å². The summed E-state index contributed by atoms with van der Waals surface area (Å²) in [4.78, 5) is 23.2. The number of nitrogens with zero attached hydrogens (tertiary/aromatic N) is 3. The summed E-state index contributed by atoms with van der Waals surface area (Å²) in [5, 5.41) is 15.2. The third kappa shape index (κ3) is 2.64. The van der Waals surface area contributed by atoms with Crippen LogP contribution in [0.5, 0.6) is 0 Å². The largest absolute Gasteiger partial charge is 0.312 e. The molecule has 116 valence electrons. The summed E-state index contributed by atoms with van der Waals surface area (Å²) in [5.41, 5.74) is 3.43. The van der Waals surface area contributed by atoms with Crippen LogP contribution in [-0.4, -0.2) is 20.5 Å². The topological polar surface area (TPSA) is 78.0 Å². The van der Waals surface area contributed by atoms with Crippen molar-refractivity contribution in [3.8, 4) is 0 Å². The number of benzene rings is 1. The molecule has 2 aromatic rings. The Morgan fingerprint density at radius 1 is 1.23 bits per heavy atom. The Labute approximate surface area is 128 Å². The predicted molar refractivity (Wildman–Crippen MR) is 83.3 cm³/mol. The minimum absolute atomic E-state index is 0.0280. The van der Waals surface area contributed by atoms with E-state index in [1.165, 1.54) is 4.68 Å². The molecule has 0 N–H and O–H groups in total. The summed E-state index contributed by atoms with van der Waals surface area (Å²) >= 11 is 0. The lowest BCUT2D eigenvalue weighted by atomic mass is 10.0. The van der Waals surface area contributed by atoms with E-state index in [1.54, 1.807) is 26.8 Å². The van der Waals surface area contributed by atoms with Gasteiger partial charge in [0.25, 0.3) is 0 Å². The number of carbonyl (C=O) groups is 1. The zero-order chi connectivity index (χ0) is 16.6. The number of aromatic nitrogens is 2. The molecule has 0 radical (unpaired) electrons. The Bertz CT molecular complexity index is 762. The molecule has 0 aliphatic rings. The molecule has 6 heteroatoms. The van der Waals surface area contributed by atoms with Crippen molar-refractivity contribution in [1.29, 1.82) is 0 Å². The third-order valence-electron chi connectivity index (χ3n) is 4.01. The fraction of sp³-hybridized carbons (Fsp3) is 0.375. The Kier molecular flexibility index (Phi) is 4.12. The van der Waals surface area contributed by atoms with Gasteiger partial charge in [-0.3, -0.25) is 19.6 Å². The normalized spacial score (nSPS) is 12.2. The van der Waals surface area contributed by atoms with Gasteiger partial charge in [-0.05, 0) is 51.8 Å². The van der Waals surface area contributed by atoms with Gasteiger partial charge < -0.3 is 0 Å². The summed E-state index contributed by atoms with van der Waals surface area (Å²) in [6.45, 7) is 8.83. The van der Waals surface area contributed by atoms with Crippen molar-refractivity contribution in [1.82, 2.24) is 9.78 Å². The molecule has 0 aliphatic heterocycles. The summed E-state index contributed by atoms with van der Waals surface area (Å²) < 4.78 is 1.44. The monoisotopic (exact) mass is 301 g/mol. The van der Waals surface area contributed by atoms with Crippen LogP contribution in [0.1, 0.15) is 45.8 Å². The minimum Gasteiger partial charge on any atom is -0.292 e. The molecule has 6 nitrogen and oxygen atoms in total. The van der Waals surface area contributed by atoms with Gasteiger partial charge in [-0.2, -0.15) is 5.10 Å². The number of aryl methyl sites for hydroxylation is 3. The average molecular weight is 301 g/mol. The fourth-order valence-corrected chi connectivity index (χ4v) is 2.54. The molecule has 22 heavy (non-hydrogen) atoms. The Balaban J connectivity index is 2.41. The predicted octanol–water partition coefficient (Wildman–Crippen LogP) is 3.47. The molecule has 0 saturated carbocycles. The van der Waals surface area contributed by atoms with Crippen LogP contribution in [0, 0.1) is 37.8 Å². The molecule has 0 spiro atoms. The lowest BCUT2D eigenvalue weighted by molar-refractivity contribution is -0.386. The van der Waals surface area contributed by atoms with Crippen LogP contribution >= 0.6 is 0 Å². The average Bonchev–Trinajstić information content (AvgIpc) is 2.75. The number of Topliss-reactive ketones (excluding diaryl/α,β-unsaturated/α-hetero) is 1. The molecule has 0 saturated heterocycles. The van der Waals surface area contributed by atoms with Gasteiger partial charge in [-0.25, -0.2) is 0 Å². The first-order valence-electron chi connectivity index (χ1n) is 7.05. The molecule has 1 atom stereocenters. The van der Waals surface area contributed by atoms with Crippen molar-refractivity contribution in [3.63, 3.8) is 0 Å². The Hall–Kier alpha value is -2.50. The molecule has 0 aliphatic carbocycles. The van der Waals surface area contributed by atoms with E-state index in [-0.39, 0.29) is 11.5 Å². The van der Waals surface area contributed by atoms with E-state index in [1.807, 2.05) is 26.0 Å². The molecule has 1 unspecified atom stereocenters. The second kappa shape index (κ2) is 5.71. The number of carbonyl (C=O) groups excluding carboxylic acids is 1. The lowest BCUT2D eigenvalue weighted by Crippen LogP contribution is -2.19. The van der Waals surface area contributed by atoms with E-state index in [0.717, 1.165) is 11.1 Å². The molecule has 0 bridgehead atoms. The van der Waals surface area contributed by atoms with Crippen LogP contribution in [0.4, 0.5) is 5.69 Å². The smallest absolute Gasteiger partial charge is 0.292 e. The van der Waals surface area contributed by atoms with Crippen molar-refractivity contribution in [2.24, 2.45) is 0 Å². The number of ketones is 1. The van der Waals surface area contributed by atoms with Crippen LogP contribution in [0.25, 0.3) is 0 Å². The first-order valence-corrected chi connectivity index (χ1v) is 7.05. The molecular weight excluding hydrogens is 282 g/mol. The molecule has 1 aromatic heterocycles. The number of hydrogen-bond donors (Lipinski definition) is 0. The first-order chi connectivity index (χ1) is 10.2. The molecular formula is C16H19N3O3. The summed E-state index contributed by atoms with van der Waals surface area (Å²) in [5.74, 6) is -0.108.